The van der Waals surface area contributed by atoms with Gasteiger partial charge in [-0.25, -0.2) is 9.18 Å². The highest BCUT2D eigenvalue weighted by atomic mass is 19.1. The smallest absolute Gasteiger partial charge is 0.335 e. The lowest BCUT2D eigenvalue weighted by Crippen LogP contribution is -2.47. The van der Waals surface area contributed by atoms with Gasteiger partial charge >= 0.3 is 5.97 Å². The molecule has 1 atom stereocenters. The van der Waals surface area contributed by atoms with Crippen LogP contribution in [0.1, 0.15) is 28.9 Å². The van der Waals surface area contributed by atoms with E-state index in [0.717, 1.165) is 37.4 Å². The van der Waals surface area contributed by atoms with Crippen LogP contribution in [0.3, 0.4) is 0 Å². The number of halogens is 1. The van der Waals surface area contributed by atoms with Gasteiger partial charge in [-0.2, -0.15) is 0 Å². The first kappa shape index (κ1) is 16.5. The molecule has 1 heterocycles. The normalized spacial score (nSPS) is 16.8. The molecule has 1 aliphatic rings. The van der Waals surface area contributed by atoms with Crippen LogP contribution in [0.25, 0.3) is 0 Å². The van der Waals surface area contributed by atoms with E-state index in [1.54, 1.807) is 12.1 Å². The fourth-order valence-corrected chi connectivity index (χ4v) is 3.13. The number of piperazine rings is 1. The van der Waals surface area contributed by atoms with Gasteiger partial charge in [-0.15, -0.1) is 0 Å². The second kappa shape index (κ2) is 7.01. The molecule has 0 aliphatic carbocycles. The summed E-state index contributed by atoms with van der Waals surface area (Å²) in [6, 6.07) is 14.0. The molecule has 0 aromatic heterocycles. The van der Waals surface area contributed by atoms with Crippen LogP contribution in [0.4, 0.5) is 10.1 Å². The Kier molecular flexibility index (Phi) is 4.81. The molecule has 24 heavy (non-hydrogen) atoms. The summed E-state index contributed by atoms with van der Waals surface area (Å²) in [7, 11) is 0. The predicted octanol–water partition coefficient (Wildman–Crippen LogP) is 3.41. The Morgan fingerprint density at radius 1 is 1.00 bits per heavy atom. The minimum Gasteiger partial charge on any atom is -0.478 e. The van der Waals surface area contributed by atoms with Crippen LogP contribution in [0.5, 0.6) is 0 Å². The first-order chi connectivity index (χ1) is 11.5. The van der Waals surface area contributed by atoms with Crippen LogP contribution < -0.4 is 4.90 Å². The Balaban J connectivity index is 1.61. The molecule has 126 valence electrons. The van der Waals surface area contributed by atoms with Crippen molar-refractivity contribution in [3.8, 4) is 0 Å². The molecule has 0 bridgehead atoms. The quantitative estimate of drug-likeness (QED) is 0.934. The number of hydrogen-bond donors (Lipinski definition) is 1. The average molecular weight is 328 g/mol. The third-order valence-corrected chi connectivity index (χ3v) is 4.69. The van der Waals surface area contributed by atoms with E-state index in [1.165, 1.54) is 12.1 Å². The van der Waals surface area contributed by atoms with Gasteiger partial charge in [0.2, 0.25) is 0 Å². The maximum absolute atomic E-state index is 13.0. The molecule has 1 unspecified atom stereocenters. The van der Waals surface area contributed by atoms with Crippen molar-refractivity contribution in [2.75, 3.05) is 31.1 Å². The van der Waals surface area contributed by atoms with Crippen molar-refractivity contribution < 1.29 is 14.3 Å². The number of rotatable bonds is 4. The summed E-state index contributed by atoms with van der Waals surface area (Å²) >= 11 is 0. The first-order valence-corrected chi connectivity index (χ1v) is 8.12. The largest absolute Gasteiger partial charge is 0.478 e. The van der Waals surface area contributed by atoms with E-state index >= 15 is 0 Å². The van der Waals surface area contributed by atoms with Gasteiger partial charge in [-0.1, -0.05) is 12.1 Å². The standard InChI is InChI=1S/C19H21FN2O2/c1-14(15-2-4-16(5-3-15)19(23)24)21-10-12-22(13-11-21)18-8-6-17(20)7-9-18/h2-9,14H,10-13H2,1H3,(H,23,24). The molecule has 0 radical (unpaired) electrons. The molecule has 1 N–H and O–H groups in total. The zero-order valence-electron chi connectivity index (χ0n) is 13.7. The molecule has 1 fully saturated rings. The summed E-state index contributed by atoms with van der Waals surface area (Å²) < 4.78 is 13.0. The van der Waals surface area contributed by atoms with Crippen molar-refractivity contribution >= 4 is 11.7 Å². The summed E-state index contributed by atoms with van der Waals surface area (Å²) in [5.41, 5.74) is 2.48. The van der Waals surface area contributed by atoms with Gasteiger partial charge in [0.05, 0.1) is 5.56 Å². The number of anilines is 1. The van der Waals surface area contributed by atoms with E-state index in [-0.39, 0.29) is 11.9 Å². The minimum atomic E-state index is -0.901. The Morgan fingerprint density at radius 2 is 1.58 bits per heavy atom. The van der Waals surface area contributed by atoms with Crippen LogP contribution in [0.2, 0.25) is 0 Å². The molecule has 0 saturated carbocycles. The molecule has 2 aromatic carbocycles. The van der Waals surface area contributed by atoms with Crippen molar-refractivity contribution in [2.24, 2.45) is 0 Å². The van der Waals surface area contributed by atoms with Crippen LogP contribution in [-0.4, -0.2) is 42.2 Å². The lowest BCUT2D eigenvalue weighted by molar-refractivity contribution is 0.0697. The second-order valence-electron chi connectivity index (χ2n) is 6.10. The maximum Gasteiger partial charge on any atom is 0.335 e. The summed E-state index contributed by atoms with van der Waals surface area (Å²) in [4.78, 5) is 15.6. The number of carboxylic acid groups (broad SMARTS) is 1. The lowest BCUT2D eigenvalue weighted by atomic mass is 10.0. The average Bonchev–Trinajstić information content (AvgIpc) is 2.62. The lowest BCUT2D eigenvalue weighted by Gasteiger charge is -2.39. The summed E-state index contributed by atoms with van der Waals surface area (Å²) in [5, 5.41) is 8.98. The van der Waals surface area contributed by atoms with Crippen molar-refractivity contribution in [1.82, 2.24) is 4.90 Å². The van der Waals surface area contributed by atoms with E-state index in [9.17, 15) is 9.18 Å². The molecule has 1 saturated heterocycles. The molecule has 0 spiro atoms. The number of carboxylic acids is 1. The molecule has 2 aromatic rings. The first-order valence-electron chi connectivity index (χ1n) is 8.12. The summed E-state index contributed by atoms with van der Waals surface area (Å²) in [6.07, 6.45) is 0. The fraction of sp³-hybridized carbons (Fsp3) is 0.316. The topological polar surface area (TPSA) is 43.8 Å². The monoisotopic (exact) mass is 328 g/mol. The minimum absolute atomic E-state index is 0.212. The van der Waals surface area contributed by atoms with E-state index in [2.05, 4.69) is 16.7 Å². The second-order valence-corrected chi connectivity index (χ2v) is 6.10. The highest BCUT2D eigenvalue weighted by molar-refractivity contribution is 5.87. The van der Waals surface area contributed by atoms with E-state index in [4.69, 9.17) is 5.11 Å². The molecule has 4 nitrogen and oxygen atoms in total. The van der Waals surface area contributed by atoms with Gasteiger partial charge in [-0.05, 0) is 48.9 Å². The van der Waals surface area contributed by atoms with E-state index in [0.29, 0.717) is 5.56 Å². The SMILES string of the molecule is CC(c1ccc(C(=O)O)cc1)N1CCN(c2ccc(F)cc2)CC1. The van der Waals surface area contributed by atoms with Gasteiger partial charge < -0.3 is 10.0 Å². The number of carbonyl (C=O) groups is 1. The number of aromatic carboxylic acids is 1. The van der Waals surface area contributed by atoms with Crippen molar-refractivity contribution in [1.29, 1.82) is 0 Å². The Labute approximate surface area is 141 Å². The van der Waals surface area contributed by atoms with Crippen molar-refractivity contribution in [3.63, 3.8) is 0 Å². The Bertz CT molecular complexity index is 692. The zero-order valence-corrected chi connectivity index (χ0v) is 13.7. The molecular formula is C19H21FN2O2. The van der Waals surface area contributed by atoms with Gasteiger partial charge in [0, 0.05) is 37.9 Å². The maximum atomic E-state index is 13.0. The van der Waals surface area contributed by atoms with Crippen LogP contribution >= 0.6 is 0 Å². The van der Waals surface area contributed by atoms with Crippen LogP contribution in [-0.2, 0) is 0 Å². The van der Waals surface area contributed by atoms with Gasteiger partial charge in [0.1, 0.15) is 5.82 Å². The number of nitrogens with zero attached hydrogens (tertiary/aromatic N) is 2. The number of benzene rings is 2. The van der Waals surface area contributed by atoms with Crippen molar-refractivity contribution in [3.05, 3.63) is 65.5 Å². The van der Waals surface area contributed by atoms with E-state index in [1.807, 2.05) is 24.3 Å². The van der Waals surface area contributed by atoms with Crippen molar-refractivity contribution in [2.45, 2.75) is 13.0 Å². The highest BCUT2D eigenvalue weighted by Gasteiger charge is 2.22. The molecule has 0 amide bonds. The van der Waals surface area contributed by atoms with Crippen LogP contribution in [0.15, 0.2) is 48.5 Å². The highest BCUT2D eigenvalue weighted by Crippen LogP contribution is 2.24. The Hall–Kier alpha value is -2.40. The summed E-state index contributed by atoms with van der Waals surface area (Å²) in [6.45, 7) is 5.76. The third-order valence-electron chi connectivity index (χ3n) is 4.69. The predicted molar refractivity (Wildman–Crippen MR) is 92.0 cm³/mol. The van der Waals surface area contributed by atoms with Gasteiger partial charge in [0.25, 0.3) is 0 Å². The summed E-state index contributed by atoms with van der Waals surface area (Å²) in [5.74, 6) is -1.11. The third kappa shape index (κ3) is 3.57. The van der Waals surface area contributed by atoms with Gasteiger partial charge in [-0.3, -0.25) is 4.90 Å². The van der Waals surface area contributed by atoms with Gasteiger partial charge in [0.15, 0.2) is 0 Å². The molecule has 3 rings (SSSR count). The zero-order chi connectivity index (χ0) is 17.1. The molecular weight excluding hydrogens is 307 g/mol. The van der Waals surface area contributed by atoms with E-state index < -0.39 is 5.97 Å². The fourth-order valence-electron chi connectivity index (χ4n) is 3.13. The Morgan fingerprint density at radius 3 is 2.12 bits per heavy atom. The molecule has 5 heteroatoms. The van der Waals surface area contributed by atoms with Crippen LogP contribution in [0, 0.1) is 5.82 Å². The number of hydrogen-bond acceptors (Lipinski definition) is 3. The molecule has 1 aliphatic heterocycles.